The molecule has 0 aromatic heterocycles. The highest BCUT2D eigenvalue weighted by Crippen LogP contribution is 2.31. The number of carbonyl (C=O) groups is 1. The van der Waals surface area contributed by atoms with Crippen molar-refractivity contribution in [2.45, 2.75) is 25.8 Å². The highest BCUT2D eigenvalue weighted by molar-refractivity contribution is 9.10. The van der Waals surface area contributed by atoms with Crippen LogP contribution < -0.4 is 11.1 Å². The third-order valence-electron chi connectivity index (χ3n) is 3.69. The van der Waals surface area contributed by atoms with Crippen molar-refractivity contribution in [3.63, 3.8) is 0 Å². The van der Waals surface area contributed by atoms with Crippen LogP contribution >= 0.6 is 15.9 Å². The van der Waals surface area contributed by atoms with Gasteiger partial charge in [-0.3, -0.25) is 4.79 Å². The molecule has 0 radical (unpaired) electrons. The van der Waals surface area contributed by atoms with E-state index in [9.17, 15) is 9.18 Å². The van der Waals surface area contributed by atoms with E-state index < -0.39 is 0 Å². The fraction of sp³-hybridized carbons (Fsp3) is 0.500. The van der Waals surface area contributed by atoms with Crippen molar-refractivity contribution < 1.29 is 9.18 Å². The number of benzene rings is 1. The minimum atomic E-state index is -0.306. The van der Waals surface area contributed by atoms with Gasteiger partial charge >= 0.3 is 0 Å². The molecule has 3 N–H and O–H groups in total. The molecule has 104 valence electrons. The zero-order valence-corrected chi connectivity index (χ0v) is 12.2. The lowest BCUT2D eigenvalue weighted by molar-refractivity contribution is -0.126. The van der Waals surface area contributed by atoms with Crippen LogP contribution in [-0.4, -0.2) is 12.5 Å². The van der Waals surface area contributed by atoms with Crippen LogP contribution in [0.4, 0.5) is 4.39 Å². The highest BCUT2D eigenvalue weighted by atomic mass is 79.9. The average molecular weight is 329 g/mol. The SMILES string of the molecule is NC[C@H]1CCC[C@H]1C(=O)NCc1cc(F)cc(Br)c1. The molecule has 0 heterocycles. The van der Waals surface area contributed by atoms with Gasteiger partial charge in [-0.15, -0.1) is 0 Å². The van der Waals surface area contributed by atoms with Gasteiger partial charge in [0.1, 0.15) is 5.82 Å². The van der Waals surface area contributed by atoms with E-state index in [1.165, 1.54) is 12.1 Å². The van der Waals surface area contributed by atoms with Gasteiger partial charge in [0.15, 0.2) is 0 Å². The second-order valence-corrected chi connectivity index (χ2v) is 5.94. The van der Waals surface area contributed by atoms with Crippen molar-refractivity contribution in [1.29, 1.82) is 0 Å². The number of nitrogens with one attached hydrogen (secondary N) is 1. The van der Waals surface area contributed by atoms with Crippen molar-refractivity contribution >= 4 is 21.8 Å². The summed E-state index contributed by atoms with van der Waals surface area (Å²) in [4.78, 5) is 12.1. The number of amides is 1. The van der Waals surface area contributed by atoms with E-state index in [1.807, 2.05) is 0 Å². The van der Waals surface area contributed by atoms with Gasteiger partial charge in [0.05, 0.1) is 0 Å². The Morgan fingerprint density at radius 1 is 1.42 bits per heavy atom. The topological polar surface area (TPSA) is 55.1 Å². The fourth-order valence-electron chi connectivity index (χ4n) is 2.70. The highest BCUT2D eigenvalue weighted by Gasteiger charge is 2.31. The first-order chi connectivity index (χ1) is 9.10. The first kappa shape index (κ1) is 14.5. The zero-order valence-electron chi connectivity index (χ0n) is 10.7. The molecule has 1 aromatic carbocycles. The molecule has 0 bridgehead atoms. The van der Waals surface area contributed by atoms with Crippen LogP contribution in [0.1, 0.15) is 24.8 Å². The third-order valence-corrected chi connectivity index (χ3v) is 4.15. The van der Waals surface area contributed by atoms with Crippen LogP contribution in [0.2, 0.25) is 0 Å². The second kappa shape index (κ2) is 6.48. The Balaban J connectivity index is 1.93. The molecular formula is C14H18BrFN2O. The molecular weight excluding hydrogens is 311 g/mol. The first-order valence-electron chi connectivity index (χ1n) is 6.53. The summed E-state index contributed by atoms with van der Waals surface area (Å²) in [5, 5.41) is 2.88. The zero-order chi connectivity index (χ0) is 13.8. The quantitative estimate of drug-likeness (QED) is 0.892. The number of nitrogens with two attached hydrogens (primary N) is 1. The standard InChI is InChI=1S/C14H18BrFN2O/c15-11-4-9(5-12(16)6-11)8-18-14(19)13-3-1-2-10(13)7-17/h4-6,10,13H,1-3,7-8,17H2,(H,18,19)/t10-,13-/m1/s1. The number of halogens is 2. The van der Waals surface area contributed by atoms with Gasteiger partial charge in [-0.2, -0.15) is 0 Å². The molecule has 2 atom stereocenters. The van der Waals surface area contributed by atoms with E-state index in [0.29, 0.717) is 23.5 Å². The summed E-state index contributed by atoms with van der Waals surface area (Å²) in [6.45, 7) is 0.909. The molecule has 0 aliphatic heterocycles. The summed E-state index contributed by atoms with van der Waals surface area (Å²) >= 11 is 3.24. The van der Waals surface area contributed by atoms with E-state index in [0.717, 1.165) is 24.8 Å². The lowest BCUT2D eigenvalue weighted by Crippen LogP contribution is -2.34. The number of hydrogen-bond acceptors (Lipinski definition) is 2. The normalized spacial score (nSPS) is 22.5. The molecule has 1 saturated carbocycles. The van der Waals surface area contributed by atoms with Crippen molar-refractivity contribution in [2.24, 2.45) is 17.6 Å². The molecule has 19 heavy (non-hydrogen) atoms. The molecule has 1 fully saturated rings. The summed E-state index contributed by atoms with van der Waals surface area (Å²) < 4.78 is 13.9. The molecule has 1 amide bonds. The van der Waals surface area contributed by atoms with Gasteiger partial charge in [0.2, 0.25) is 5.91 Å². The van der Waals surface area contributed by atoms with Gasteiger partial charge in [-0.1, -0.05) is 22.4 Å². The Bertz CT molecular complexity index is 447. The Morgan fingerprint density at radius 2 is 2.21 bits per heavy atom. The van der Waals surface area contributed by atoms with Gasteiger partial charge in [-0.05, 0) is 49.1 Å². The predicted molar refractivity (Wildman–Crippen MR) is 75.8 cm³/mol. The Labute approximate surface area is 120 Å². The summed E-state index contributed by atoms with van der Waals surface area (Å²) in [5.41, 5.74) is 6.43. The van der Waals surface area contributed by atoms with Crippen molar-refractivity contribution in [2.75, 3.05) is 6.54 Å². The summed E-state index contributed by atoms with van der Waals surface area (Å²) in [5.74, 6) is 0.0360. The van der Waals surface area contributed by atoms with Crippen molar-refractivity contribution in [3.8, 4) is 0 Å². The molecule has 1 aliphatic rings. The maximum Gasteiger partial charge on any atom is 0.223 e. The lowest BCUT2D eigenvalue weighted by Gasteiger charge is -2.17. The smallest absolute Gasteiger partial charge is 0.223 e. The van der Waals surface area contributed by atoms with Crippen molar-refractivity contribution in [3.05, 3.63) is 34.1 Å². The van der Waals surface area contributed by atoms with Crippen molar-refractivity contribution in [1.82, 2.24) is 5.32 Å². The largest absolute Gasteiger partial charge is 0.352 e. The van der Waals surface area contributed by atoms with Crippen LogP contribution in [0.25, 0.3) is 0 Å². The van der Waals surface area contributed by atoms with Crippen LogP contribution in [-0.2, 0) is 11.3 Å². The summed E-state index contributed by atoms with van der Waals surface area (Å²) in [6.07, 6.45) is 2.99. The van der Waals surface area contributed by atoms with E-state index in [-0.39, 0.29) is 17.6 Å². The number of rotatable bonds is 4. The minimum Gasteiger partial charge on any atom is -0.352 e. The fourth-order valence-corrected chi connectivity index (χ4v) is 3.21. The Kier molecular flexibility index (Phi) is 4.93. The van der Waals surface area contributed by atoms with E-state index in [1.54, 1.807) is 6.07 Å². The van der Waals surface area contributed by atoms with E-state index in [4.69, 9.17) is 5.73 Å². The van der Waals surface area contributed by atoms with E-state index >= 15 is 0 Å². The molecule has 1 aliphatic carbocycles. The van der Waals surface area contributed by atoms with E-state index in [2.05, 4.69) is 21.2 Å². The van der Waals surface area contributed by atoms with Crippen LogP contribution in [0.5, 0.6) is 0 Å². The number of carbonyl (C=O) groups excluding carboxylic acids is 1. The molecule has 0 saturated heterocycles. The van der Waals surface area contributed by atoms with Gasteiger partial charge in [0, 0.05) is 16.9 Å². The van der Waals surface area contributed by atoms with Crippen LogP contribution in [0.3, 0.4) is 0 Å². The molecule has 3 nitrogen and oxygen atoms in total. The summed E-state index contributed by atoms with van der Waals surface area (Å²) in [7, 11) is 0. The predicted octanol–water partition coefficient (Wildman–Crippen LogP) is 2.58. The Morgan fingerprint density at radius 3 is 2.89 bits per heavy atom. The van der Waals surface area contributed by atoms with Crippen LogP contribution in [0.15, 0.2) is 22.7 Å². The average Bonchev–Trinajstić information content (AvgIpc) is 2.83. The van der Waals surface area contributed by atoms with Gasteiger partial charge in [-0.25, -0.2) is 4.39 Å². The third kappa shape index (κ3) is 3.76. The van der Waals surface area contributed by atoms with Gasteiger partial charge < -0.3 is 11.1 Å². The maximum atomic E-state index is 13.2. The number of hydrogen-bond donors (Lipinski definition) is 2. The Hall–Kier alpha value is -0.940. The lowest BCUT2D eigenvalue weighted by atomic mass is 9.95. The molecule has 0 unspecified atom stereocenters. The minimum absolute atomic E-state index is 0.0157. The van der Waals surface area contributed by atoms with Crippen LogP contribution in [0, 0.1) is 17.7 Å². The second-order valence-electron chi connectivity index (χ2n) is 5.03. The molecule has 1 aromatic rings. The monoisotopic (exact) mass is 328 g/mol. The molecule has 0 spiro atoms. The first-order valence-corrected chi connectivity index (χ1v) is 7.32. The summed E-state index contributed by atoms with van der Waals surface area (Å²) in [6, 6.07) is 4.63. The molecule has 5 heteroatoms. The molecule has 2 rings (SSSR count). The van der Waals surface area contributed by atoms with Gasteiger partial charge in [0.25, 0.3) is 0 Å². The maximum absolute atomic E-state index is 13.2.